The average Bonchev–Trinajstić information content (AvgIpc) is 2.95. The number of nitrogens with zero attached hydrogens (tertiary/aromatic N) is 2. The van der Waals surface area contributed by atoms with Gasteiger partial charge in [-0.1, -0.05) is 23.2 Å². The Morgan fingerprint density at radius 3 is 3.11 bits per heavy atom. The fraction of sp³-hybridized carbons (Fsp3) is 0.182. The Hall–Kier alpha value is -2.17. The second kappa shape index (κ2) is 5.44. The van der Waals surface area contributed by atoms with Crippen molar-refractivity contribution < 1.29 is 14.3 Å². The van der Waals surface area contributed by atoms with Crippen LogP contribution >= 0.6 is 11.3 Å². The molecule has 7 heteroatoms. The van der Waals surface area contributed by atoms with Crippen molar-refractivity contribution in [3.63, 3.8) is 0 Å². The molecule has 92 valence electrons. The smallest absolute Gasteiger partial charge is 0.295 e. The van der Waals surface area contributed by atoms with Gasteiger partial charge in [-0.2, -0.15) is 0 Å². The minimum absolute atomic E-state index is 0.160. The van der Waals surface area contributed by atoms with E-state index in [9.17, 15) is 4.79 Å². The molecule has 0 atom stereocenters. The van der Waals surface area contributed by atoms with Crippen LogP contribution in [-0.2, 0) is 0 Å². The highest BCUT2D eigenvalue weighted by atomic mass is 32.1. The Bertz CT molecular complexity index is 621. The van der Waals surface area contributed by atoms with Crippen molar-refractivity contribution >= 4 is 22.4 Å². The highest BCUT2D eigenvalue weighted by Crippen LogP contribution is 2.18. The topological polar surface area (TPSA) is 88.3 Å². The summed E-state index contributed by atoms with van der Waals surface area (Å²) in [5.41, 5.74) is 0.518. The van der Waals surface area contributed by atoms with Crippen LogP contribution in [0.2, 0.25) is 0 Å². The molecule has 0 unspecified atom stereocenters. The van der Waals surface area contributed by atoms with Gasteiger partial charge in [0.1, 0.15) is 6.61 Å². The second-order valence-electron chi connectivity index (χ2n) is 3.21. The standard InChI is InChI=1S/C11H9N3O3S/c1-7-9(17-6-13-7)10(16)14-11-12-5-8(18-11)3-2-4-15/h5-6,15H,4H2,1H3,(H,12,14,16). The monoisotopic (exact) mass is 263 g/mol. The fourth-order valence-corrected chi connectivity index (χ4v) is 1.88. The summed E-state index contributed by atoms with van der Waals surface area (Å²) in [5.74, 6) is 4.96. The lowest BCUT2D eigenvalue weighted by Gasteiger charge is -1.97. The number of nitrogens with one attached hydrogen (secondary N) is 1. The number of carbonyl (C=O) groups excluding carboxylic acids is 1. The van der Waals surface area contributed by atoms with E-state index in [1.165, 1.54) is 23.9 Å². The maximum atomic E-state index is 11.8. The lowest BCUT2D eigenvalue weighted by atomic mass is 10.3. The van der Waals surface area contributed by atoms with Gasteiger partial charge in [0.05, 0.1) is 16.8 Å². The second-order valence-corrected chi connectivity index (χ2v) is 4.24. The predicted octanol–water partition coefficient (Wildman–Crippen LogP) is 1.04. The fourth-order valence-electron chi connectivity index (χ4n) is 1.19. The predicted molar refractivity (Wildman–Crippen MR) is 65.3 cm³/mol. The van der Waals surface area contributed by atoms with E-state index in [1.807, 2.05) is 0 Å². The number of hydrogen-bond acceptors (Lipinski definition) is 6. The van der Waals surface area contributed by atoms with Crippen LogP contribution in [-0.4, -0.2) is 27.6 Å². The first-order valence-electron chi connectivity index (χ1n) is 4.97. The van der Waals surface area contributed by atoms with Crippen LogP contribution in [0.5, 0.6) is 0 Å². The average molecular weight is 263 g/mol. The molecule has 0 aromatic carbocycles. The third kappa shape index (κ3) is 2.74. The Labute approximate surface area is 107 Å². The summed E-state index contributed by atoms with van der Waals surface area (Å²) in [6.45, 7) is 1.47. The molecule has 1 amide bonds. The molecule has 0 aliphatic carbocycles. The lowest BCUT2D eigenvalue weighted by molar-refractivity contribution is 0.0996. The SMILES string of the molecule is Cc1ncoc1C(=O)Nc1ncc(C#CCO)s1. The summed E-state index contributed by atoms with van der Waals surface area (Å²) < 4.78 is 4.96. The van der Waals surface area contributed by atoms with E-state index in [-0.39, 0.29) is 12.4 Å². The Morgan fingerprint density at radius 2 is 2.44 bits per heavy atom. The lowest BCUT2D eigenvalue weighted by Crippen LogP contribution is -2.11. The van der Waals surface area contributed by atoms with Crippen molar-refractivity contribution in [1.29, 1.82) is 0 Å². The van der Waals surface area contributed by atoms with Gasteiger partial charge < -0.3 is 9.52 Å². The van der Waals surface area contributed by atoms with Crippen molar-refractivity contribution in [2.75, 3.05) is 11.9 Å². The van der Waals surface area contributed by atoms with Gasteiger partial charge in [-0.25, -0.2) is 9.97 Å². The molecule has 0 aliphatic heterocycles. The zero-order chi connectivity index (χ0) is 13.0. The summed E-state index contributed by atoms with van der Waals surface area (Å²) in [4.78, 5) is 20.2. The van der Waals surface area contributed by atoms with Crippen LogP contribution < -0.4 is 5.32 Å². The van der Waals surface area contributed by atoms with Crippen LogP contribution in [0, 0.1) is 18.8 Å². The minimum atomic E-state index is -0.402. The number of rotatable bonds is 2. The van der Waals surface area contributed by atoms with Crippen molar-refractivity contribution in [2.45, 2.75) is 6.92 Å². The van der Waals surface area contributed by atoms with Crippen LogP contribution in [0.1, 0.15) is 21.1 Å². The molecule has 2 heterocycles. The summed E-state index contributed by atoms with van der Waals surface area (Å²) in [6.07, 6.45) is 2.74. The molecule has 0 bridgehead atoms. The number of oxazole rings is 1. The van der Waals surface area contributed by atoms with Crippen LogP contribution in [0.15, 0.2) is 17.0 Å². The zero-order valence-corrected chi connectivity index (χ0v) is 10.2. The number of thiazole rings is 1. The summed E-state index contributed by atoms with van der Waals surface area (Å²) in [7, 11) is 0. The first kappa shape index (κ1) is 12.3. The van der Waals surface area contributed by atoms with Gasteiger partial charge in [0.15, 0.2) is 11.5 Å². The third-order valence-electron chi connectivity index (χ3n) is 1.97. The first-order valence-corrected chi connectivity index (χ1v) is 5.79. The highest BCUT2D eigenvalue weighted by Gasteiger charge is 2.15. The van der Waals surface area contributed by atoms with Gasteiger partial charge in [-0.3, -0.25) is 10.1 Å². The number of amides is 1. The van der Waals surface area contributed by atoms with E-state index in [4.69, 9.17) is 9.52 Å². The maximum Gasteiger partial charge on any atom is 0.295 e. The quantitative estimate of drug-likeness (QED) is 0.790. The maximum absolute atomic E-state index is 11.8. The van der Waals surface area contributed by atoms with Gasteiger partial charge >= 0.3 is 0 Å². The molecule has 0 radical (unpaired) electrons. The number of aromatic nitrogens is 2. The van der Waals surface area contributed by atoms with Crippen molar-refractivity contribution in [3.05, 3.63) is 28.9 Å². The molecule has 6 nitrogen and oxygen atoms in total. The number of aliphatic hydroxyl groups is 1. The van der Waals surface area contributed by atoms with E-state index in [2.05, 4.69) is 27.1 Å². The van der Waals surface area contributed by atoms with E-state index in [0.717, 1.165) is 0 Å². The molecule has 2 aromatic heterocycles. The number of aliphatic hydroxyl groups excluding tert-OH is 1. The molecule has 2 aromatic rings. The van der Waals surface area contributed by atoms with Gasteiger partial charge in [0.25, 0.3) is 5.91 Å². The number of anilines is 1. The van der Waals surface area contributed by atoms with Crippen LogP contribution in [0.3, 0.4) is 0 Å². The Morgan fingerprint density at radius 1 is 1.61 bits per heavy atom. The summed E-state index contributed by atoms with van der Waals surface area (Å²) in [5, 5.41) is 11.6. The van der Waals surface area contributed by atoms with Crippen molar-refractivity contribution in [2.24, 2.45) is 0 Å². The first-order chi connectivity index (χ1) is 8.70. The van der Waals surface area contributed by atoms with Crippen molar-refractivity contribution in [3.8, 4) is 11.8 Å². The molecule has 0 aliphatic rings. The molecule has 0 saturated carbocycles. The van der Waals surface area contributed by atoms with E-state index in [0.29, 0.717) is 15.7 Å². The Kier molecular flexibility index (Phi) is 3.72. The zero-order valence-electron chi connectivity index (χ0n) is 9.43. The van der Waals surface area contributed by atoms with Gasteiger partial charge in [0.2, 0.25) is 5.76 Å². The van der Waals surface area contributed by atoms with Gasteiger partial charge in [-0.05, 0) is 6.92 Å². The van der Waals surface area contributed by atoms with Gasteiger partial charge in [-0.15, -0.1) is 0 Å². The third-order valence-corrected chi connectivity index (χ3v) is 2.80. The Balaban J connectivity index is 2.08. The van der Waals surface area contributed by atoms with Gasteiger partial charge in [0, 0.05) is 0 Å². The summed E-state index contributed by atoms with van der Waals surface area (Å²) >= 11 is 1.21. The van der Waals surface area contributed by atoms with E-state index < -0.39 is 5.91 Å². The van der Waals surface area contributed by atoms with E-state index in [1.54, 1.807) is 6.92 Å². The molecule has 2 N–H and O–H groups in total. The molecule has 0 fully saturated rings. The molecule has 0 spiro atoms. The normalized spacial score (nSPS) is 9.67. The minimum Gasteiger partial charge on any atom is -0.438 e. The summed E-state index contributed by atoms with van der Waals surface area (Å²) in [6, 6.07) is 0. The highest BCUT2D eigenvalue weighted by molar-refractivity contribution is 7.16. The molecule has 0 saturated heterocycles. The molecular weight excluding hydrogens is 254 g/mol. The number of aryl methyl sites for hydroxylation is 1. The van der Waals surface area contributed by atoms with Crippen molar-refractivity contribution in [1.82, 2.24) is 9.97 Å². The largest absolute Gasteiger partial charge is 0.438 e. The molecule has 18 heavy (non-hydrogen) atoms. The van der Waals surface area contributed by atoms with E-state index >= 15 is 0 Å². The molecule has 2 rings (SSSR count). The number of hydrogen-bond donors (Lipinski definition) is 2. The van der Waals surface area contributed by atoms with Crippen LogP contribution in [0.4, 0.5) is 5.13 Å². The van der Waals surface area contributed by atoms with Crippen LogP contribution in [0.25, 0.3) is 0 Å². The molecular formula is C11H9N3O3S. The number of carbonyl (C=O) groups is 1.